The Morgan fingerprint density at radius 2 is 1.75 bits per heavy atom. The van der Waals surface area contributed by atoms with Crippen LogP contribution in [0, 0.1) is 11.3 Å². The predicted octanol–water partition coefficient (Wildman–Crippen LogP) is 4.19. The maximum atomic E-state index is 6.26. The van der Waals surface area contributed by atoms with Crippen LogP contribution in [0.25, 0.3) is 0 Å². The second-order valence-corrected chi connectivity index (χ2v) is 8.17. The van der Waals surface area contributed by atoms with Gasteiger partial charge in [0.1, 0.15) is 0 Å². The molecular formula is C18H36N2. The first-order chi connectivity index (χ1) is 9.51. The predicted molar refractivity (Wildman–Crippen MR) is 87.9 cm³/mol. The molecule has 2 nitrogen and oxygen atoms in total. The fourth-order valence-electron chi connectivity index (χ4n) is 4.38. The maximum absolute atomic E-state index is 6.26. The van der Waals surface area contributed by atoms with E-state index in [2.05, 4.69) is 25.7 Å². The van der Waals surface area contributed by atoms with Gasteiger partial charge in [-0.2, -0.15) is 0 Å². The molecule has 2 aliphatic rings. The van der Waals surface area contributed by atoms with E-state index >= 15 is 0 Å². The molecule has 0 aromatic carbocycles. The van der Waals surface area contributed by atoms with Crippen molar-refractivity contribution in [2.75, 3.05) is 19.6 Å². The van der Waals surface area contributed by atoms with Crippen LogP contribution in [0.2, 0.25) is 0 Å². The largest absolute Gasteiger partial charge is 0.329 e. The first-order valence-corrected chi connectivity index (χ1v) is 8.96. The quantitative estimate of drug-likeness (QED) is 0.837. The molecule has 118 valence electrons. The Kier molecular flexibility index (Phi) is 5.53. The third-order valence-electron chi connectivity index (χ3n) is 6.13. The van der Waals surface area contributed by atoms with Gasteiger partial charge >= 0.3 is 0 Å². The highest BCUT2D eigenvalue weighted by Gasteiger charge is 2.41. The fraction of sp³-hybridized carbons (Fsp3) is 1.00. The van der Waals surface area contributed by atoms with Gasteiger partial charge < -0.3 is 5.73 Å². The van der Waals surface area contributed by atoms with Crippen LogP contribution in [0.4, 0.5) is 0 Å². The standard InChI is InChI=1S/C18H36N2/c1-4-6-16-7-5-13-20(14-8-16)18(15-19)11-9-17(2,3)10-12-18/h16H,4-15,19H2,1-3H3. The van der Waals surface area contributed by atoms with Gasteiger partial charge in [0, 0.05) is 12.1 Å². The molecular weight excluding hydrogens is 244 g/mol. The third-order valence-corrected chi connectivity index (χ3v) is 6.13. The Balaban J connectivity index is 1.97. The van der Waals surface area contributed by atoms with E-state index in [0.29, 0.717) is 11.0 Å². The van der Waals surface area contributed by atoms with E-state index < -0.39 is 0 Å². The van der Waals surface area contributed by atoms with Crippen LogP contribution in [0.1, 0.15) is 78.6 Å². The number of nitrogens with two attached hydrogens (primary N) is 1. The molecule has 0 bridgehead atoms. The molecule has 2 heteroatoms. The summed E-state index contributed by atoms with van der Waals surface area (Å²) in [6.45, 7) is 10.6. The van der Waals surface area contributed by atoms with Gasteiger partial charge in [0.15, 0.2) is 0 Å². The lowest BCUT2D eigenvalue weighted by Gasteiger charge is -2.49. The highest BCUT2D eigenvalue weighted by Crippen LogP contribution is 2.43. The Hall–Kier alpha value is -0.0800. The Bertz CT molecular complexity index is 288. The Morgan fingerprint density at radius 1 is 1.05 bits per heavy atom. The van der Waals surface area contributed by atoms with Crippen molar-refractivity contribution >= 4 is 0 Å². The SMILES string of the molecule is CCCC1CCCN(C2(CN)CCC(C)(C)CC2)CC1. The van der Waals surface area contributed by atoms with Gasteiger partial charge in [-0.15, -0.1) is 0 Å². The summed E-state index contributed by atoms with van der Waals surface area (Å²) < 4.78 is 0. The van der Waals surface area contributed by atoms with Crippen LogP contribution in [0.5, 0.6) is 0 Å². The van der Waals surface area contributed by atoms with Crippen molar-refractivity contribution in [1.29, 1.82) is 0 Å². The average molecular weight is 280 g/mol. The molecule has 0 aromatic rings. The number of hydrogen-bond donors (Lipinski definition) is 1. The molecule has 1 aliphatic heterocycles. The molecule has 1 saturated carbocycles. The maximum Gasteiger partial charge on any atom is 0.0332 e. The second kappa shape index (κ2) is 6.79. The molecule has 1 atom stereocenters. The van der Waals surface area contributed by atoms with Gasteiger partial charge in [-0.3, -0.25) is 4.90 Å². The highest BCUT2D eigenvalue weighted by atomic mass is 15.2. The van der Waals surface area contributed by atoms with Crippen LogP contribution in [0.15, 0.2) is 0 Å². The van der Waals surface area contributed by atoms with Gasteiger partial charge in [0.25, 0.3) is 0 Å². The topological polar surface area (TPSA) is 29.3 Å². The molecule has 0 spiro atoms. The van der Waals surface area contributed by atoms with Crippen molar-refractivity contribution < 1.29 is 0 Å². The smallest absolute Gasteiger partial charge is 0.0332 e. The molecule has 1 unspecified atom stereocenters. The molecule has 20 heavy (non-hydrogen) atoms. The van der Waals surface area contributed by atoms with E-state index in [4.69, 9.17) is 5.73 Å². The third kappa shape index (κ3) is 3.76. The Labute approximate surface area is 126 Å². The van der Waals surface area contributed by atoms with Crippen LogP contribution in [-0.2, 0) is 0 Å². The summed E-state index contributed by atoms with van der Waals surface area (Å²) in [6.07, 6.45) is 12.3. The summed E-state index contributed by atoms with van der Waals surface area (Å²) in [5.41, 5.74) is 7.13. The summed E-state index contributed by atoms with van der Waals surface area (Å²) in [5.74, 6) is 0.972. The lowest BCUT2D eigenvalue weighted by Crippen LogP contribution is -2.56. The van der Waals surface area contributed by atoms with Gasteiger partial charge in [-0.25, -0.2) is 0 Å². The van der Waals surface area contributed by atoms with Gasteiger partial charge in [-0.1, -0.05) is 33.6 Å². The first-order valence-electron chi connectivity index (χ1n) is 8.96. The van der Waals surface area contributed by atoms with Gasteiger partial charge in [-0.05, 0) is 69.4 Å². The molecule has 0 aromatic heterocycles. The molecule has 1 heterocycles. The van der Waals surface area contributed by atoms with E-state index in [-0.39, 0.29) is 0 Å². The minimum absolute atomic E-state index is 0.330. The lowest BCUT2D eigenvalue weighted by atomic mass is 9.68. The molecule has 1 saturated heterocycles. The first kappa shape index (κ1) is 16.3. The molecule has 2 fully saturated rings. The summed E-state index contributed by atoms with van der Waals surface area (Å²) in [5, 5.41) is 0. The Morgan fingerprint density at radius 3 is 2.35 bits per heavy atom. The summed E-state index contributed by atoms with van der Waals surface area (Å²) in [7, 11) is 0. The summed E-state index contributed by atoms with van der Waals surface area (Å²) >= 11 is 0. The highest BCUT2D eigenvalue weighted by molar-refractivity contribution is 4.98. The minimum Gasteiger partial charge on any atom is -0.329 e. The normalized spacial score (nSPS) is 30.9. The van der Waals surface area contributed by atoms with Crippen LogP contribution >= 0.6 is 0 Å². The van der Waals surface area contributed by atoms with E-state index in [9.17, 15) is 0 Å². The zero-order chi connectivity index (χ0) is 14.6. The van der Waals surface area contributed by atoms with Crippen LogP contribution < -0.4 is 5.73 Å². The molecule has 0 radical (unpaired) electrons. The second-order valence-electron chi connectivity index (χ2n) is 8.17. The fourth-order valence-corrected chi connectivity index (χ4v) is 4.38. The number of hydrogen-bond acceptors (Lipinski definition) is 2. The zero-order valence-corrected chi connectivity index (χ0v) is 14.1. The number of likely N-dealkylation sites (tertiary alicyclic amines) is 1. The zero-order valence-electron chi connectivity index (χ0n) is 14.1. The average Bonchev–Trinajstić information content (AvgIpc) is 2.66. The molecule has 0 amide bonds. The van der Waals surface area contributed by atoms with Crippen LogP contribution in [-0.4, -0.2) is 30.1 Å². The van der Waals surface area contributed by atoms with Crippen molar-refractivity contribution in [2.24, 2.45) is 17.1 Å². The van der Waals surface area contributed by atoms with Gasteiger partial charge in [0.05, 0.1) is 0 Å². The van der Waals surface area contributed by atoms with Crippen molar-refractivity contribution in [3.05, 3.63) is 0 Å². The van der Waals surface area contributed by atoms with Crippen molar-refractivity contribution in [3.63, 3.8) is 0 Å². The summed E-state index contributed by atoms with van der Waals surface area (Å²) in [4.78, 5) is 2.79. The minimum atomic E-state index is 0.330. The molecule has 2 N–H and O–H groups in total. The van der Waals surface area contributed by atoms with Crippen molar-refractivity contribution in [1.82, 2.24) is 4.90 Å². The van der Waals surface area contributed by atoms with Crippen LogP contribution in [0.3, 0.4) is 0 Å². The van der Waals surface area contributed by atoms with E-state index in [1.54, 1.807) is 0 Å². The van der Waals surface area contributed by atoms with Crippen molar-refractivity contribution in [2.45, 2.75) is 84.1 Å². The van der Waals surface area contributed by atoms with E-state index in [1.165, 1.54) is 70.9 Å². The molecule has 2 rings (SSSR count). The van der Waals surface area contributed by atoms with Crippen molar-refractivity contribution in [3.8, 4) is 0 Å². The number of rotatable bonds is 4. The lowest BCUT2D eigenvalue weighted by molar-refractivity contribution is 0.0244. The van der Waals surface area contributed by atoms with E-state index in [0.717, 1.165) is 12.5 Å². The van der Waals surface area contributed by atoms with Gasteiger partial charge in [0.2, 0.25) is 0 Å². The monoisotopic (exact) mass is 280 g/mol. The summed E-state index contributed by atoms with van der Waals surface area (Å²) in [6, 6.07) is 0. The number of nitrogens with zero attached hydrogens (tertiary/aromatic N) is 1. The molecule has 1 aliphatic carbocycles. The van der Waals surface area contributed by atoms with E-state index in [1.807, 2.05) is 0 Å².